The predicted octanol–water partition coefficient (Wildman–Crippen LogP) is 0.840. The van der Waals surface area contributed by atoms with Crippen molar-refractivity contribution in [3.63, 3.8) is 0 Å². The summed E-state index contributed by atoms with van der Waals surface area (Å²) in [7, 11) is 0. The lowest BCUT2D eigenvalue weighted by molar-refractivity contribution is -0.144. The van der Waals surface area contributed by atoms with Crippen LogP contribution in [0.3, 0.4) is 0 Å². The van der Waals surface area contributed by atoms with Crippen molar-refractivity contribution in [1.82, 2.24) is 10.2 Å². The van der Waals surface area contributed by atoms with Crippen molar-refractivity contribution in [3.05, 3.63) is 0 Å². The van der Waals surface area contributed by atoms with Crippen LogP contribution in [-0.2, 0) is 9.59 Å². The molecule has 0 aromatic carbocycles. The second-order valence-corrected chi connectivity index (χ2v) is 4.86. The number of rotatable bonds is 8. The third kappa shape index (κ3) is 5.68. The van der Waals surface area contributed by atoms with E-state index in [1.807, 2.05) is 0 Å². The molecule has 0 aromatic rings. The molecule has 5 heteroatoms. The Morgan fingerprint density at radius 1 is 1.41 bits per heavy atom. The van der Waals surface area contributed by atoms with E-state index in [1.165, 1.54) is 4.90 Å². The fraction of sp³-hybridized carbons (Fsp3) is 0.833. The first-order chi connectivity index (χ1) is 8.00. The van der Waals surface area contributed by atoms with Crippen molar-refractivity contribution >= 4 is 11.9 Å². The van der Waals surface area contributed by atoms with Crippen molar-refractivity contribution in [2.45, 2.75) is 51.6 Å². The molecule has 1 rings (SSSR count). The quantitative estimate of drug-likeness (QED) is 0.619. The molecule has 0 unspecified atom stereocenters. The number of carboxylic acid groups (broad SMARTS) is 1. The third-order valence-electron chi connectivity index (χ3n) is 2.73. The molecule has 0 heterocycles. The van der Waals surface area contributed by atoms with Crippen LogP contribution in [0.4, 0.5) is 0 Å². The van der Waals surface area contributed by atoms with Crippen molar-refractivity contribution in [2.24, 2.45) is 0 Å². The standard InChI is InChI=1S/C12H22N2O3/c1-9(2)13-7-3-4-11(15)14(8-12(16)17)10-5-6-10/h9-10,13H,3-8H2,1-2H3,(H,16,17). The molecule has 1 fully saturated rings. The highest BCUT2D eigenvalue weighted by Crippen LogP contribution is 2.27. The molecule has 0 spiro atoms. The van der Waals surface area contributed by atoms with E-state index in [-0.39, 0.29) is 18.5 Å². The summed E-state index contributed by atoms with van der Waals surface area (Å²) in [4.78, 5) is 24.0. The number of nitrogens with zero attached hydrogens (tertiary/aromatic N) is 1. The summed E-state index contributed by atoms with van der Waals surface area (Å²) in [6.45, 7) is 4.77. The minimum Gasteiger partial charge on any atom is -0.480 e. The van der Waals surface area contributed by atoms with Gasteiger partial charge in [0.1, 0.15) is 6.54 Å². The molecule has 1 aliphatic carbocycles. The first kappa shape index (κ1) is 14.0. The van der Waals surface area contributed by atoms with E-state index < -0.39 is 5.97 Å². The Bertz CT molecular complexity index is 275. The zero-order chi connectivity index (χ0) is 12.8. The first-order valence-electron chi connectivity index (χ1n) is 6.25. The van der Waals surface area contributed by atoms with E-state index >= 15 is 0 Å². The van der Waals surface area contributed by atoms with Gasteiger partial charge < -0.3 is 15.3 Å². The topological polar surface area (TPSA) is 69.6 Å². The summed E-state index contributed by atoms with van der Waals surface area (Å²) in [6, 6.07) is 0.598. The van der Waals surface area contributed by atoms with Gasteiger partial charge in [0.05, 0.1) is 0 Å². The van der Waals surface area contributed by atoms with Crippen molar-refractivity contribution in [3.8, 4) is 0 Å². The van der Waals surface area contributed by atoms with Gasteiger partial charge in [-0.15, -0.1) is 0 Å². The summed E-state index contributed by atoms with van der Waals surface area (Å²) >= 11 is 0. The average molecular weight is 242 g/mol. The SMILES string of the molecule is CC(C)NCCCC(=O)N(CC(=O)O)C1CC1. The second-order valence-electron chi connectivity index (χ2n) is 4.86. The maximum absolute atomic E-state index is 11.8. The number of hydrogen-bond acceptors (Lipinski definition) is 3. The van der Waals surface area contributed by atoms with Gasteiger partial charge in [0.2, 0.25) is 5.91 Å². The smallest absolute Gasteiger partial charge is 0.323 e. The lowest BCUT2D eigenvalue weighted by atomic mass is 10.2. The summed E-state index contributed by atoms with van der Waals surface area (Å²) in [6.07, 6.45) is 3.09. The van der Waals surface area contributed by atoms with E-state index in [0.717, 1.165) is 25.8 Å². The van der Waals surface area contributed by atoms with Crippen LogP contribution in [0.1, 0.15) is 39.5 Å². The highest BCUT2D eigenvalue weighted by atomic mass is 16.4. The molecule has 1 aliphatic rings. The molecule has 2 N–H and O–H groups in total. The molecule has 0 aromatic heterocycles. The Kier molecular flexibility index (Phi) is 5.41. The van der Waals surface area contributed by atoms with E-state index in [4.69, 9.17) is 5.11 Å². The summed E-state index contributed by atoms with van der Waals surface area (Å²) in [5.41, 5.74) is 0. The Morgan fingerprint density at radius 2 is 2.06 bits per heavy atom. The van der Waals surface area contributed by atoms with Crippen LogP contribution in [-0.4, -0.2) is 47.1 Å². The van der Waals surface area contributed by atoms with Gasteiger partial charge >= 0.3 is 5.97 Å². The molecule has 0 bridgehead atoms. The Balaban J connectivity index is 2.25. The molecular formula is C12H22N2O3. The van der Waals surface area contributed by atoms with Crippen LogP contribution in [0, 0.1) is 0 Å². The van der Waals surface area contributed by atoms with Gasteiger partial charge in [-0.3, -0.25) is 9.59 Å². The third-order valence-corrected chi connectivity index (χ3v) is 2.73. The van der Waals surface area contributed by atoms with E-state index in [0.29, 0.717) is 12.5 Å². The van der Waals surface area contributed by atoms with Crippen LogP contribution in [0.15, 0.2) is 0 Å². The fourth-order valence-electron chi connectivity index (χ4n) is 1.73. The number of carbonyl (C=O) groups is 2. The summed E-state index contributed by atoms with van der Waals surface area (Å²) in [5.74, 6) is -0.953. The van der Waals surface area contributed by atoms with E-state index in [1.54, 1.807) is 0 Å². The Morgan fingerprint density at radius 3 is 2.53 bits per heavy atom. The summed E-state index contributed by atoms with van der Waals surface area (Å²) < 4.78 is 0. The monoisotopic (exact) mass is 242 g/mol. The molecular weight excluding hydrogens is 220 g/mol. The molecule has 0 atom stereocenters. The number of carboxylic acids is 1. The normalized spacial score (nSPS) is 15.0. The zero-order valence-corrected chi connectivity index (χ0v) is 10.6. The lowest BCUT2D eigenvalue weighted by Crippen LogP contribution is -2.37. The van der Waals surface area contributed by atoms with Gasteiger partial charge in [-0.1, -0.05) is 13.8 Å². The number of hydrogen-bond donors (Lipinski definition) is 2. The van der Waals surface area contributed by atoms with Crippen LogP contribution in [0.25, 0.3) is 0 Å². The molecule has 5 nitrogen and oxygen atoms in total. The number of aliphatic carboxylic acids is 1. The fourth-order valence-corrected chi connectivity index (χ4v) is 1.73. The van der Waals surface area contributed by atoms with E-state index in [9.17, 15) is 9.59 Å². The molecule has 98 valence electrons. The lowest BCUT2D eigenvalue weighted by Gasteiger charge is -2.20. The minimum absolute atomic E-state index is 0.0274. The highest BCUT2D eigenvalue weighted by Gasteiger charge is 2.33. The summed E-state index contributed by atoms with van der Waals surface area (Å²) in [5, 5.41) is 12.0. The van der Waals surface area contributed by atoms with Crippen molar-refractivity contribution in [1.29, 1.82) is 0 Å². The molecule has 1 amide bonds. The number of amides is 1. The maximum Gasteiger partial charge on any atom is 0.323 e. The largest absolute Gasteiger partial charge is 0.480 e. The van der Waals surface area contributed by atoms with Gasteiger partial charge in [0.15, 0.2) is 0 Å². The zero-order valence-electron chi connectivity index (χ0n) is 10.6. The van der Waals surface area contributed by atoms with Crippen LogP contribution in [0.2, 0.25) is 0 Å². The van der Waals surface area contributed by atoms with Gasteiger partial charge in [0.25, 0.3) is 0 Å². The molecule has 17 heavy (non-hydrogen) atoms. The van der Waals surface area contributed by atoms with Crippen LogP contribution in [0.5, 0.6) is 0 Å². The van der Waals surface area contributed by atoms with Crippen LogP contribution >= 0.6 is 0 Å². The molecule has 0 aliphatic heterocycles. The Labute approximate surface area is 102 Å². The maximum atomic E-state index is 11.8. The van der Waals surface area contributed by atoms with Crippen molar-refractivity contribution < 1.29 is 14.7 Å². The van der Waals surface area contributed by atoms with E-state index in [2.05, 4.69) is 19.2 Å². The minimum atomic E-state index is -0.925. The van der Waals surface area contributed by atoms with Crippen LogP contribution < -0.4 is 5.32 Å². The number of nitrogens with one attached hydrogen (secondary N) is 1. The highest BCUT2D eigenvalue weighted by molar-refractivity contribution is 5.81. The number of carbonyl (C=O) groups excluding carboxylic acids is 1. The van der Waals surface area contributed by atoms with Gasteiger partial charge in [0, 0.05) is 18.5 Å². The van der Waals surface area contributed by atoms with Crippen molar-refractivity contribution in [2.75, 3.05) is 13.1 Å². The Hall–Kier alpha value is -1.10. The molecule has 0 radical (unpaired) electrons. The van der Waals surface area contributed by atoms with Gasteiger partial charge in [-0.2, -0.15) is 0 Å². The van der Waals surface area contributed by atoms with Gasteiger partial charge in [-0.25, -0.2) is 0 Å². The molecule has 1 saturated carbocycles. The second kappa shape index (κ2) is 6.59. The average Bonchev–Trinajstić information content (AvgIpc) is 3.03. The molecule has 0 saturated heterocycles. The first-order valence-corrected chi connectivity index (χ1v) is 6.25. The predicted molar refractivity (Wildman–Crippen MR) is 64.7 cm³/mol. The van der Waals surface area contributed by atoms with Gasteiger partial charge in [-0.05, 0) is 25.8 Å².